The topological polar surface area (TPSA) is 12.0 Å². The highest BCUT2D eigenvalue weighted by Crippen LogP contribution is 2.25. The van der Waals surface area contributed by atoms with Crippen LogP contribution in [0.15, 0.2) is 0 Å². The van der Waals surface area contributed by atoms with E-state index in [1.54, 1.807) is 0 Å². The molecule has 1 aliphatic rings. The second-order valence-corrected chi connectivity index (χ2v) is 6.20. The standard InChI is InChI=1S/C9H19NS/c1-9(2,3)11-5-4-8-6-10-7-8/h8,10H,4-7H2,1-3H3. The van der Waals surface area contributed by atoms with E-state index in [1.165, 1.54) is 25.3 Å². The number of hydrogen-bond acceptors (Lipinski definition) is 2. The zero-order chi connectivity index (χ0) is 8.32. The number of hydrogen-bond donors (Lipinski definition) is 1. The van der Waals surface area contributed by atoms with E-state index in [0.717, 1.165) is 5.92 Å². The first-order chi connectivity index (χ1) is 5.08. The third kappa shape index (κ3) is 4.02. The Morgan fingerprint density at radius 2 is 2.00 bits per heavy atom. The van der Waals surface area contributed by atoms with Crippen LogP contribution in [0.25, 0.3) is 0 Å². The quantitative estimate of drug-likeness (QED) is 0.701. The van der Waals surface area contributed by atoms with Gasteiger partial charge in [-0.15, -0.1) is 0 Å². The second kappa shape index (κ2) is 3.81. The van der Waals surface area contributed by atoms with Crippen LogP contribution in [0.4, 0.5) is 0 Å². The second-order valence-electron chi connectivity index (χ2n) is 4.27. The maximum atomic E-state index is 3.30. The van der Waals surface area contributed by atoms with Gasteiger partial charge in [0.05, 0.1) is 0 Å². The molecule has 0 amide bonds. The molecule has 0 aromatic carbocycles. The van der Waals surface area contributed by atoms with Gasteiger partial charge in [-0.1, -0.05) is 20.8 Å². The summed E-state index contributed by atoms with van der Waals surface area (Å²) in [6, 6.07) is 0. The van der Waals surface area contributed by atoms with Crippen molar-refractivity contribution in [2.45, 2.75) is 31.9 Å². The molecule has 1 saturated heterocycles. The maximum absolute atomic E-state index is 3.30. The first-order valence-electron chi connectivity index (χ1n) is 4.42. The summed E-state index contributed by atoms with van der Waals surface area (Å²) in [7, 11) is 0. The number of nitrogens with one attached hydrogen (secondary N) is 1. The zero-order valence-corrected chi connectivity index (χ0v) is 8.63. The lowest BCUT2D eigenvalue weighted by Gasteiger charge is -2.28. The van der Waals surface area contributed by atoms with Crippen LogP contribution in [0.3, 0.4) is 0 Å². The van der Waals surface area contributed by atoms with Crippen LogP contribution in [-0.4, -0.2) is 23.6 Å². The summed E-state index contributed by atoms with van der Waals surface area (Å²) in [5, 5.41) is 3.30. The van der Waals surface area contributed by atoms with Crippen molar-refractivity contribution in [3.05, 3.63) is 0 Å². The Kier molecular flexibility index (Phi) is 3.26. The molecule has 0 radical (unpaired) electrons. The third-order valence-corrected chi connectivity index (χ3v) is 3.23. The van der Waals surface area contributed by atoms with Crippen molar-refractivity contribution >= 4 is 11.8 Å². The zero-order valence-electron chi connectivity index (χ0n) is 7.81. The lowest BCUT2D eigenvalue weighted by molar-refractivity contribution is 0.341. The largest absolute Gasteiger partial charge is 0.316 e. The summed E-state index contributed by atoms with van der Waals surface area (Å²) < 4.78 is 0.456. The van der Waals surface area contributed by atoms with E-state index in [1.807, 2.05) is 0 Å². The summed E-state index contributed by atoms with van der Waals surface area (Å²) >= 11 is 2.08. The van der Waals surface area contributed by atoms with E-state index >= 15 is 0 Å². The van der Waals surface area contributed by atoms with E-state index in [0.29, 0.717) is 4.75 Å². The van der Waals surface area contributed by atoms with E-state index < -0.39 is 0 Å². The highest BCUT2D eigenvalue weighted by molar-refractivity contribution is 8.00. The van der Waals surface area contributed by atoms with Crippen molar-refractivity contribution in [3.8, 4) is 0 Å². The van der Waals surface area contributed by atoms with Gasteiger partial charge in [0.15, 0.2) is 0 Å². The molecule has 0 spiro atoms. The molecule has 2 heteroatoms. The van der Waals surface area contributed by atoms with Gasteiger partial charge in [0.1, 0.15) is 0 Å². The van der Waals surface area contributed by atoms with Crippen LogP contribution in [0.1, 0.15) is 27.2 Å². The van der Waals surface area contributed by atoms with Gasteiger partial charge in [0, 0.05) is 4.75 Å². The summed E-state index contributed by atoms with van der Waals surface area (Å²) in [5.74, 6) is 2.31. The number of rotatable bonds is 3. The van der Waals surface area contributed by atoms with Crippen molar-refractivity contribution < 1.29 is 0 Å². The Morgan fingerprint density at radius 3 is 2.36 bits per heavy atom. The van der Waals surface area contributed by atoms with Crippen molar-refractivity contribution in [1.82, 2.24) is 5.32 Å². The van der Waals surface area contributed by atoms with Gasteiger partial charge in [-0.2, -0.15) is 11.8 Å². The molecule has 1 heterocycles. The highest BCUT2D eigenvalue weighted by atomic mass is 32.2. The Labute approximate surface area is 74.3 Å². The van der Waals surface area contributed by atoms with E-state index in [2.05, 4.69) is 37.8 Å². The van der Waals surface area contributed by atoms with Crippen LogP contribution >= 0.6 is 11.8 Å². The van der Waals surface area contributed by atoms with Crippen molar-refractivity contribution in [3.63, 3.8) is 0 Å². The molecule has 11 heavy (non-hydrogen) atoms. The van der Waals surface area contributed by atoms with Crippen LogP contribution in [-0.2, 0) is 0 Å². The molecular weight excluding hydrogens is 154 g/mol. The van der Waals surface area contributed by atoms with Gasteiger partial charge in [0.2, 0.25) is 0 Å². The minimum atomic E-state index is 0.456. The van der Waals surface area contributed by atoms with Gasteiger partial charge in [-0.3, -0.25) is 0 Å². The minimum Gasteiger partial charge on any atom is -0.316 e. The predicted molar refractivity (Wildman–Crippen MR) is 53.2 cm³/mol. The molecular formula is C9H19NS. The van der Waals surface area contributed by atoms with Crippen LogP contribution in [0.5, 0.6) is 0 Å². The third-order valence-electron chi connectivity index (χ3n) is 1.93. The summed E-state index contributed by atoms with van der Waals surface area (Å²) in [6.07, 6.45) is 1.40. The predicted octanol–water partition coefficient (Wildman–Crippen LogP) is 2.13. The van der Waals surface area contributed by atoms with Crippen LogP contribution in [0.2, 0.25) is 0 Å². The average molecular weight is 173 g/mol. The van der Waals surface area contributed by atoms with Crippen LogP contribution < -0.4 is 5.32 Å². The molecule has 0 unspecified atom stereocenters. The molecule has 1 rings (SSSR count). The molecule has 66 valence electrons. The number of thioether (sulfide) groups is 1. The molecule has 1 N–H and O–H groups in total. The van der Waals surface area contributed by atoms with Crippen molar-refractivity contribution in [1.29, 1.82) is 0 Å². The van der Waals surface area contributed by atoms with Crippen molar-refractivity contribution in [2.24, 2.45) is 5.92 Å². The van der Waals surface area contributed by atoms with Crippen LogP contribution in [0, 0.1) is 5.92 Å². The average Bonchev–Trinajstić information content (AvgIpc) is 1.73. The molecule has 0 aliphatic carbocycles. The highest BCUT2D eigenvalue weighted by Gasteiger charge is 2.17. The first-order valence-corrected chi connectivity index (χ1v) is 5.41. The Balaban J connectivity index is 1.95. The van der Waals surface area contributed by atoms with Gasteiger partial charge >= 0.3 is 0 Å². The Bertz CT molecular complexity index is 113. The molecule has 0 aromatic rings. The Morgan fingerprint density at radius 1 is 1.36 bits per heavy atom. The van der Waals surface area contributed by atoms with Gasteiger partial charge in [-0.05, 0) is 31.2 Å². The summed E-state index contributed by atoms with van der Waals surface area (Å²) in [6.45, 7) is 9.37. The molecule has 1 aliphatic heterocycles. The maximum Gasteiger partial charge on any atom is 0.00750 e. The molecule has 0 atom stereocenters. The van der Waals surface area contributed by atoms with Crippen molar-refractivity contribution in [2.75, 3.05) is 18.8 Å². The summed E-state index contributed by atoms with van der Waals surface area (Å²) in [4.78, 5) is 0. The van der Waals surface area contributed by atoms with E-state index in [9.17, 15) is 0 Å². The lowest BCUT2D eigenvalue weighted by Crippen LogP contribution is -2.42. The molecule has 1 fully saturated rings. The van der Waals surface area contributed by atoms with Gasteiger partial charge in [0.25, 0.3) is 0 Å². The fourth-order valence-electron chi connectivity index (χ4n) is 1.08. The monoisotopic (exact) mass is 173 g/mol. The molecule has 0 bridgehead atoms. The molecule has 1 nitrogen and oxygen atoms in total. The van der Waals surface area contributed by atoms with E-state index in [-0.39, 0.29) is 0 Å². The van der Waals surface area contributed by atoms with Gasteiger partial charge in [-0.25, -0.2) is 0 Å². The fraction of sp³-hybridized carbons (Fsp3) is 1.00. The van der Waals surface area contributed by atoms with E-state index in [4.69, 9.17) is 0 Å². The molecule has 0 saturated carbocycles. The fourth-order valence-corrected chi connectivity index (χ4v) is 2.15. The Hall–Kier alpha value is 0.310. The van der Waals surface area contributed by atoms with Gasteiger partial charge < -0.3 is 5.32 Å². The normalized spacial score (nSPS) is 19.9. The lowest BCUT2D eigenvalue weighted by atomic mass is 10.0. The smallest absolute Gasteiger partial charge is 0.00750 e. The minimum absolute atomic E-state index is 0.456. The summed E-state index contributed by atoms with van der Waals surface area (Å²) in [5.41, 5.74) is 0. The SMILES string of the molecule is CC(C)(C)SCCC1CNC1. The first kappa shape index (κ1) is 9.40. The molecule has 0 aromatic heterocycles.